The summed E-state index contributed by atoms with van der Waals surface area (Å²) in [5, 5.41) is 13.8. The molecule has 0 aliphatic carbocycles. The van der Waals surface area contributed by atoms with E-state index in [0.717, 1.165) is 27.1 Å². The van der Waals surface area contributed by atoms with Gasteiger partial charge in [-0.2, -0.15) is 0 Å². The van der Waals surface area contributed by atoms with Gasteiger partial charge in [0.2, 0.25) is 5.91 Å². The maximum Gasteiger partial charge on any atom is 0.239 e. The summed E-state index contributed by atoms with van der Waals surface area (Å²) in [6.45, 7) is 10.6. The number of carbonyl (C=O) groups excluding carboxylic acids is 1. The number of thiophene rings is 1. The Morgan fingerprint density at radius 2 is 1.81 bits per heavy atom. The van der Waals surface area contributed by atoms with Crippen LogP contribution in [0, 0.1) is 12.3 Å². The molecular weight excluding hydrogens is 416 g/mol. The van der Waals surface area contributed by atoms with Crippen molar-refractivity contribution in [1.29, 1.82) is 5.41 Å². The molecule has 166 valence electrons. The zero-order chi connectivity index (χ0) is 23.3. The number of nitrogens with one attached hydrogen (secondary N) is 2. The minimum Gasteiger partial charge on any atom is -0.345 e. The van der Waals surface area contributed by atoms with Gasteiger partial charge in [-0.1, -0.05) is 45.0 Å². The van der Waals surface area contributed by atoms with Crippen LogP contribution in [0.2, 0.25) is 0 Å². The Morgan fingerprint density at radius 1 is 1.12 bits per heavy atom. The Bertz CT molecular complexity index is 1180. The van der Waals surface area contributed by atoms with E-state index in [1.54, 1.807) is 18.4 Å². The minimum absolute atomic E-state index is 0.0417. The number of hydrogen-bond acceptors (Lipinski definition) is 4. The summed E-state index contributed by atoms with van der Waals surface area (Å²) < 4.78 is 0. The molecule has 1 amide bonds. The molecule has 3 aromatic rings. The minimum atomic E-state index is -0.732. The zero-order valence-electron chi connectivity index (χ0n) is 19.5. The molecule has 0 radical (unpaired) electrons. The third-order valence-corrected chi connectivity index (χ3v) is 7.47. The first kappa shape index (κ1) is 22.2. The van der Waals surface area contributed by atoms with E-state index in [2.05, 4.69) is 72.9 Å². The number of likely N-dealkylation sites (N-methyl/N-ethyl adjacent to an activating group) is 1. The van der Waals surface area contributed by atoms with E-state index >= 15 is 0 Å². The molecule has 4 rings (SSSR count). The van der Waals surface area contributed by atoms with Crippen LogP contribution in [-0.2, 0) is 15.7 Å². The third-order valence-electron chi connectivity index (χ3n) is 6.30. The van der Waals surface area contributed by atoms with Gasteiger partial charge in [0.1, 0.15) is 0 Å². The molecule has 1 saturated heterocycles. The van der Waals surface area contributed by atoms with Crippen molar-refractivity contribution < 1.29 is 4.79 Å². The summed E-state index contributed by atoms with van der Waals surface area (Å²) in [4.78, 5) is 20.2. The average molecular weight is 447 g/mol. The highest BCUT2D eigenvalue weighted by Crippen LogP contribution is 2.44. The molecule has 0 saturated carbocycles. The summed E-state index contributed by atoms with van der Waals surface area (Å²) in [6.07, 6.45) is 3.70. The fourth-order valence-electron chi connectivity index (χ4n) is 4.28. The number of benzene rings is 1. The standard InChI is InChI=1S/C26H30N4OS/c1-16-11-18(14-28-13-16)19-12-21(32-15-19)26(5)22(23(31)30(6)24(27)29-26)17-7-9-20(10-8-17)25(2,3)4/h7-15,22H,1-6H3,(H2,27,29)/t22-,26+/m0/s1. The molecular formula is C26H30N4OS. The van der Waals surface area contributed by atoms with Gasteiger partial charge >= 0.3 is 0 Å². The molecule has 0 unspecified atom stereocenters. The van der Waals surface area contributed by atoms with Crippen LogP contribution in [0.25, 0.3) is 11.1 Å². The number of hydrogen-bond donors (Lipinski definition) is 2. The Balaban J connectivity index is 1.79. The molecule has 1 aromatic carbocycles. The molecule has 0 spiro atoms. The number of nitrogens with zero attached hydrogens (tertiary/aromatic N) is 2. The van der Waals surface area contributed by atoms with Crippen LogP contribution in [0.5, 0.6) is 0 Å². The Hall–Kier alpha value is -2.99. The van der Waals surface area contributed by atoms with Crippen molar-refractivity contribution in [3.05, 3.63) is 75.7 Å². The molecule has 1 aliphatic heterocycles. The second kappa shape index (κ2) is 7.85. The highest BCUT2D eigenvalue weighted by Gasteiger charge is 2.49. The molecule has 2 N–H and O–H groups in total. The van der Waals surface area contributed by atoms with Crippen LogP contribution < -0.4 is 5.32 Å². The maximum absolute atomic E-state index is 13.5. The lowest BCUT2D eigenvalue weighted by Gasteiger charge is -2.45. The van der Waals surface area contributed by atoms with Gasteiger partial charge in [-0.25, -0.2) is 0 Å². The number of amides is 1. The Labute approximate surface area is 194 Å². The average Bonchev–Trinajstić information content (AvgIpc) is 3.23. The first-order chi connectivity index (χ1) is 15.0. The predicted octanol–water partition coefficient (Wildman–Crippen LogP) is 5.41. The molecule has 6 heteroatoms. The summed E-state index contributed by atoms with van der Waals surface area (Å²) in [7, 11) is 1.66. The van der Waals surface area contributed by atoms with Crippen LogP contribution in [0.15, 0.2) is 54.2 Å². The summed E-state index contributed by atoms with van der Waals surface area (Å²) in [5.74, 6) is -0.406. The van der Waals surface area contributed by atoms with Gasteiger partial charge in [0.15, 0.2) is 5.96 Å². The van der Waals surface area contributed by atoms with E-state index in [-0.39, 0.29) is 17.3 Å². The third kappa shape index (κ3) is 3.84. The van der Waals surface area contributed by atoms with Crippen LogP contribution in [0.3, 0.4) is 0 Å². The molecule has 2 aromatic heterocycles. The van der Waals surface area contributed by atoms with Gasteiger partial charge in [0.25, 0.3) is 0 Å². The number of pyridine rings is 1. The van der Waals surface area contributed by atoms with Crippen LogP contribution in [0.4, 0.5) is 0 Å². The van der Waals surface area contributed by atoms with Gasteiger partial charge in [-0.3, -0.25) is 20.1 Å². The lowest BCUT2D eigenvalue weighted by Crippen LogP contribution is -2.62. The van der Waals surface area contributed by atoms with Gasteiger partial charge < -0.3 is 5.32 Å². The van der Waals surface area contributed by atoms with Crippen LogP contribution in [0.1, 0.15) is 55.2 Å². The number of aryl methyl sites for hydroxylation is 1. The van der Waals surface area contributed by atoms with Crippen LogP contribution in [-0.4, -0.2) is 28.8 Å². The fourth-order valence-corrected chi connectivity index (χ4v) is 5.35. The van der Waals surface area contributed by atoms with Crippen molar-refractivity contribution in [1.82, 2.24) is 15.2 Å². The normalized spacial score (nSPS) is 21.6. The largest absolute Gasteiger partial charge is 0.345 e. The predicted molar refractivity (Wildman–Crippen MR) is 131 cm³/mol. The van der Waals surface area contributed by atoms with Crippen molar-refractivity contribution in [3.8, 4) is 11.1 Å². The quantitative estimate of drug-likeness (QED) is 0.565. The molecule has 5 nitrogen and oxygen atoms in total. The van der Waals surface area contributed by atoms with E-state index in [4.69, 9.17) is 5.41 Å². The molecule has 32 heavy (non-hydrogen) atoms. The topological polar surface area (TPSA) is 69.1 Å². The number of guanidine groups is 1. The fraction of sp³-hybridized carbons (Fsp3) is 0.346. The van der Waals surface area contributed by atoms with Crippen LogP contribution >= 0.6 is 11.3 Å². The second-order valence-corrected chi connectivity index (χ2v) is 10.7. The van der Waals surface area contributed by atoms with Gasteiger partial charge in [-0.05, 0) is 59.0 Å². The SMILES string of the molecule is Cc1cncc(-c2csc([C@@]3(C)NC(=N)N(C)C(=O)[C@@H]3c3ccc(C(C)(C)C)cc3)c2)c1. The first-order valence-electron chi connectivity index (χ1n) is 10.8. The van der Waals surface area contributed by atoms with Crippen molar-refractivity contribution >= 4 is 23.2 Å². The van der Waals surface area contributed by atoms with Crippen molar-refractivity contribution in [2.45, 2.75) is 51.5 Å². The van der Waals surface area contributed by atoms with Crippen molar-refractivity contribution in [3.63, 3.8) is 0 Å². The van der Waals surface area contributed by atoms with Crippen molar-refractivity contribution in [2.24, 2.45) is 0 Å². The van der Waals surface area contributed by atoms with Crippen molar-refractivity contribution in [2.75, 3.05) is 7.05 Å². The van der Waals surface area contributed by atoms with Gasteiger partial charge in [0.05, 0.1) is 11.5 Å². The Kier molecular flexibility index (Phi) is 5.45. The Morgan fingerprint density at radius 3 is 2.44 bits per heavy atom. The van der Waals surface area contributed by atoms with E-state index in [9.17, 15) is 4.79 Å². The number of aromatic nitrogens is 1. The highest BCUT2D eigenvalue weighted by molar-refractivity contribution is 7.10. The van der Waals surface area contributed by atoms with Gasteiger partial charge in [-0.15, -0.1) is 11.3 Å². The smallest absolute Gasteiger partial charge is 0.239 e. The van der Waals surface area contributed by atoms with E-state index in [1.807, 2.05) is 26.2 Å². The molecule has 0 bridgehead atoms. The van der Waals surface area contributed by atoms with E-state index in [1.165, 1.54) is 10.5 Å². The number of rotatable bonds is 3. The first-order valence-corrected chi connectivity index (χ1v) is 11.6. The van der Waals surface area contributed by atoms with Gasteiger partial charge in [0, 0.05) is 29.9 Å². The highest BCUT2D eigenvalue weighted by atomic mass is 32.1. The summed E-state index contributed by atoms with van der Waals surface area (Å²) in [6, 6.07) is 12.6. The monoisotopic (exact) mass is 446 g/mol. The lowest BCUT2D eigenvalue weighted by atomic mass is 9.76. The molecule has 2 atom stereocenters. The number of carbonyl (C=O) groups is 1. The summed E-state index contributed by atoms with van der Waals surface area (Å²) >= 11 is 1.61. The van der Waals surface area contributed by atoms with E-state index in [0.29, 0.717) is 0 Å². The summed E-state index contributed by atoms with van der Waals surface area (Å²) in [5.41, 5.74) is 4.72. The lowest BCUT2D eigenvalue weighted by molar-refractivity contribution is -0.131. The second-order valence-electron chi connectivity index (χ2n) is 9.83. The molecule has 1 fully saturated rings. The molecule has 1 aliphatic rings. The zero-order valence-corrected chi connectivity index (χ0v) is 20.3. The maximum atomic E-state index is 13.5. The molecule has 3 heterocycles. The van der Waals surface area contributed by atoms with E-state index < -0.39 is 11.5 Å².